The van der Waals surface area contributed by atoms with E-state index >= 15 is 0 Å². The molecule has 30 heavy (non-hydrogen) atoms. The molecule has 2 aromatic carbocycles. The molecule has 0 aliphatic heterocycles. The zero-order chi connectivity index (χ0) is 21.2. The summed E-state index contributed by atoms with van der Waals surface area (Å²) in [5.74, 6) is 1.53. The van der Waals surface area contributed by atoms with Crippen LogP contribution in [0.25, 0.3) is 11.3 Å². The first-order valence-corrected chi connectivity index (χ1v) is 9.86. The number of nitrogens with zero attached hydrogens (tertiary/aromatic N) is 2. The highest BCUT2D eigenvalue weighted by molar-refractivity contribution is 6.30. The third-order valence-electron chi connectivity index (χ3n) is 3.96. The van der Waals surface area contributed by atoms with Gasteiger partial charge in [-0.05, 0) is 61.5 Å². The second kappa shape index (κ2) is 11.0. The maximum atomic E-state index is 11.8. The Labute approximate surface area is 179 Å². The SMILES string of the molecule is CCOc1ccc(-c2ccc(OCCNC(=O)COc3ccc(Cl)cc3)nn2)cc1. The molecule has 0 unspecified atom stereocenters. The summed E-state index contributed by atoms with van der Waals surface area (Å²) in [6.45, 7) is 3.08. The van der Waals surface area contributed by atoms with Crippen LogP contribution < -0.4 is 19.5 Å². The standard InChI is InChI=1S/C22H22ClN3O4/c1-2-28-18-7-3-16(4-8-18)20-11-12-22(26-25-20)29-14-13-24-21(27)15-30-19-9-5-17(23)6-10-19/h3-12H,2,13-15H2,1H3,(H,24,27). The molecule has 0 aliphatic carbocycles. The molecular formula is C22H22ClN3O4. The Kier molecular flexibility index (Phi) is 7.86. The zero-order valence-corrected chi connectivity index (χ0v) is 17.3. The summed E-state index contributed by atoms with van der Waals surface area (Å²) in [6, 6.07) is 18.0. The molecule has 0 bridgehead atoms. The molecule has 0 saturated heterocycles. The normalized spacial score (nSPS) is 10.3. The number of rotatable bonds is 10. The fourth-order valence-corrected chi connectivity index (χ4v) is 2.64. The van der Waals surface area contributed by atoms with E-state index in [1.165, 1.54) is 0 Å². The van der Waals surface area contributed by atoms with E-state index in [0.29, 0.717) is 29.8 Å². The van der Waals surface area contributed by atoms with Gasteiger partial charge in [0.2, 0.25) is 5.88 Å². The van der Waals surface area contributed by atoms with Gasteiger partial charge >= 0.3 is 0 Å². The van der Waals surface area contributed by atoms with Crippen LogP contribution in [-0.4, -0.2) is 42.5 Å². The summed E-state index contributed by atoms with van der Waals surface area (Å²) in [5.41, 5.74) is 1.67. The molecule has 0 atom stereocenters. The van der Waals surface area contributed by atoms with Crippen LogP contribution in [0, 0.1) is 0 Å². The summed E-state index contributed by atoms with van der Waals surface area (Å²) in [4.78, 5) is 11.8. The van der Waals surface area contributed by atoms with Crippen molar-refractivity contribution in [3.05, 3.63) is 65.7 Å². The van der Waals surface area contributed by atoms with E-state index in [1.54, 1.807) is 30.3 Å². The van der Waals surface area contributed by atoms with Crippen molar-refractivity contribution in [1.82, 2.24) is 15.5 Å². The number of carbonyl (C=O) groups is 1. The average Bonchev–Trinajstić information content (AvgIpc) is 2.78. The van der Waals surface area contributed by atoms with Crippen molar-refractivity contribution >= 4 is 17.5 Å². The third kappa shape index (κ3) is 6.63. The second-order valence-corrected chi connectivity index (χ2v) is 6.59. The highest BCUT2D eigenvalue weighted by Gasteiger charge is 2.05. The van der Waals surface area contributed by atoms with Crippen LogP contribution in [0.5, 0.6) is 17.4 Å². The first-order chi connectivity index (χ1) is 14.6. The lowest BCUT2D eigenvalue weighted by Crippen LogP contribution is -2.32. The Balaban J connectivity index is 1.37. The summed E-state index contributed by atoms with van der Waals surface area (Å²) < 4.78 is 16.3. The van der Waals surface area contributed by atoms with Crippen LogP contribution >= 0.6 is 11.6 Å². The molecule has 0 saturated carbocycles. The maximum Gasteiger partial charge on any atom is 0.258 e. The number of carbonyl (C=O) groups excluding carboxylic acids is 1. The van der Waals surface area contributed by atoms with E-state index in [4.69, 9.17) is 25.8 Å². The van der Waals surface area contributed by atoms with Gasteiger partial charge in [-0.2, -0.15) is 0 Å². The lowest BCUT2D eigenvalue weighted by molar-refractivity contribution is -0.123. The number of benzene rings is 2. The van der Waals surface area contributed by atoms with Crippen molar-refractivity contribution in [3.8, 4) is 28.6 Å². The Bertz CT molecular complexity index is 932. The van der Waals surface area contributed by atoms with Gasteiger partial charge in [0.05, 0.1) is 18.8 Å². The van der Waals surface area contributed by atoms with Gasteiger partial charge in [-0.1, -0.05) is 11.6 Å². The van der Waals surface area contributed by atoms with Gasteiger partial charge in [0, 0.05) is 16.7 Å². The topological polar surface area (TPSA) is 82.6 Å². The fraction of sp³-hybridized carbons (Fsp3) is 0.227. The lowest BCUT2D eigenvalue weighted by Gasteiger charge is -2.09. The minimum atomic E-state index is -0.245. The van der Waals surface area contributed by atoms with Gasteiger partial charge in [0.1, 0.15) is 18.1 Å². The Morgan fingerprint density at radius 1 is 0.900 bits per heavy atom. The molecule has 3 rings (SSSR count). The van der Waals surface area contributed by atoms with Crippen molar-refractivity contribution in [1.29, 1.82) is 0 Å². The van der Waals surface area contributed by atoms with Gasteiger partial charge in [-0.15, -0.1) is 10.2 Å². The summed E-state index contributed by atoms with van der Waals surface area (Å²) >= 11 is 5.80. The lowest BCUT2D eigenvalue weighted by atomic mass is 10.1. The summed E-state index contributed by atoms with van der Waals surface area (Å²) in [5, 5.41) is 11.6. The molecule has 1 heterocycles. The molecule has 1 aromatic heterocycles. The quantitative estimate of drug-likeness (QED) is 0.496. The largest absolute Gasteiger partial charge is 0.494 e. The van der Waals surface area contributed by atoms with Gasteiger partial charge in [0.15, 0.2) is 6.61 Å². The summed E-state index contributed by atoms with van der Waals surface area (Å²) in [7, 11) is 0. The molecule has 0 aliphatic rings. The predicted octanol–water partition coefficient (Wildman–Crippen LogP) is 3.77. The van der Waals surface area contributed by atoms with Crippen molar-refractivity contribution in [2.75, 3.05) is 26.4 Å². The third-order valence-corrected chi connectivity index (χ3v) is 4.21. The fourth-order valence-electron chi connectivity index (χ4n) is 2.52. The van der Waals surface area contributed by atoms with Crippen molar-refractivity contribution in [2.24, 2.45) is 0 Å². The number of hydrogen-bond acceptors (Lipinski definition) is 6. The van der Waals surface area contributed by atoms with E-state index in [-0.39, 0.29) is 19.1 Å². The van der Waals surface area contributed by atoms with E-state index in [0.717, 1.165) is 17.0 Å². The minimum Gasteiger partial charge on any atom is -0.494 e. The Morgan fingerprint density at radius 2 is 1.60 bits per heavy atom. The van der Waals surface area contributed by atoms with Crippen molar-refractivity contribution in [2.45, 2.75) is 6.92 Å². The number of nitrogens with one attached hydrogen (secondary N) is 1. The number of amides is 1. The average molecular weight is 428 g/mol. The first-order valence-electron chi connectivity index (χ1n) is 9.49. The molecule has 0 radical (unpaired) electrons. The maximum absolute atomic E-state index is 11.8. The van der Waals surface area contributed by atoms with Gasteiger partial charge < -0.3 is 19.5 Å². The predicted molar refractivity (Wildman–Crippen MR) is 114 cm³/mol. The van der Waals surface area contributed by atoms with Crippen LogP contribution in [0.1, 0.15) is 6.92 Å². The van der Waals surface area contributed by atoms with Crippen LogP contribution in [0.2, 0.25) is 5.02 Å². The van der Waals surface area contributed by atoms with E-state index in [2.05, 4.69) is 15.5 Å². The van der Waals surface area contributed by atoms with Crippen LogP contribution in [0.15, 0.2) is 60.7 Å². The van der Waals surface area contributed by atoms with Gasteiger partial charge in [0.25, 0.3) is 5.91 Å². The van der Waals surface area contributed by atoms with E-state index < -0.39 is 0 Å². The second-order valence-electron chi connectivity index (χ2n) is 6.16. The molecule has 8 heteroatoms. The number of halogens is 1. The number of aromatic nitrogens is 2. The van der Waals surface area contributed by atoms with Crippen molar-refractivity contribution in [3.63, 3.8) is 0 Å². The molecule has 156 valence electrons. The highest BCUT2D eigenvalue weighted by atomic mass is 35.5. The highest BCUT2D eigenvalue weighted by Crippen LogP contribution is 2.21. The van der Waals surface area contributed by atoms with Crippen LogP contribution in [0.4, 0.5) is 0 Å². The zero-order valence-electron chi connectivity index (χ0n) is 16.5. The number of hydrogen-bond donors (Lipinski definition) is 1. The molecule has 1 amide bonds. The van der Waals surface area contributed by atoms with Gasteiger partial charge in [-0.25, -0.2) is 0 Å². The first kappa shape index (κ1) is 21.4. The molecular weight excluding hydrogens is 406 g/mol. The monoisotopic (exact) mass is 427 g/mol. The molecule has 0 spiro atoms. The van der Waals surface area contributed by atoms with E-state index in [9.17, 15) is 4.79 Å². The molecule has 0 fully saturated rings. The van der Waals surface area contributed by atoms with Crippen molar-refractivity contribution < 1.29 is 19.0 Å². The van der Waals surface area contributed by atoms with Crippen LogP contribution in [-0.2, 0) is 4.79 Å². The Hall–Kier alpha value is -3.32. The molecule has 7 nitrogen and oxygen atoms in total. The molecule has 3 aromatic rings. The Morgan fingerprint density at radius 3 is 2.27 bits per heavy atom. The van der Waals surface area contributed by atoms with E-state index in [1.807, 2.05) is 37.3 Å². The van der Waals surface area contributed by atoms with Gasteiger partial charge in [-0.3, -0.25) is 4.79 Å². The number of ether oxygens (including phenoxy) is 3. The van der Waals surface area contributed by atoms with Crippen LogP contribution in [0.3, 0.4) is 0 Å². The minimum absolute atomic E-state index is 0.0851. The smallest absolute Gasteiger partial charge is 0.258 e. The molecule has 1 N–H and O–H groups in total. The summed E-state index contributed by atoms with van der Waals surface area (Å²) in [6.07, 6.45) is 0.